The fraction of sp³-hybridized carbons (Fsp3) is 0.707. The smallest absolute Gasteiger partial charge is 0.328 e. The lowest BCUT2D eigenvalue weighted by atomic mass is 9.88. The quantitative estimate of drug-likeness (QED) is 0.0291. The zero-order valence-corrected chi connectivity index (χ0v) is 40.2. The maximum Gasteiger partial charge on any atom is 0.328 e. The minimum absolute atomic E-state index is 0.0197. The van der Waals surface area contributed by atoms with Crippen LogP contribution in [0.4, 0.5) is 0 Å². The summed E-state index contributed by atoms with van der Waals surface area (Å²) in [6.45, 7) is 19.9. The fourth-order valence-corrected chi connectivity index (χ4v) is 7.78. The highest BCUT2D eigenvalue weighted by molar-refractivity contribution is 7.57. The van der Waals surface area contributed by atoms with Gasteiger partial charge in [0, 0.05) is 70.3 Å². The zero-order valence-electron chi connectivity index (χ0n) is 39.3. The van der Waals surface area contributed by atoms with Crippen molar-refractivity contribution in [3.05, 3.63) is 24.3 Å². The average Bonchev–Trinajstić information content (AvgIpc) is 3.17. The number of ketones is 1. The van der Waals surface area contributed by atoms with Crippen molar-refractivity contribution in [3.8, 4) is 0 Å². The number of nitrogens with zero attached hydrogens (tertiary/aromatic N) is 2. The highest BCUT2D eigenvalue weighted by Crippen LogP contribution is 2.31. The molecule has 0 aromatic heterocycles. The molecule has 0 heterocycles. The number of hydrogen-bond donors (Lipinski definition) is 8. The molecule has 8 N–H and O–H groups in total. The topological polar surface area (TPSA) is 291 Å². The molecular weight excluding hydrogens is 843 g/mol. The van der Waals surface area contributed by atoms with Crippen molar-refractivity contribution in [2.45, 2.75) is 120 Å². The van der Waals surface area contributed by atoms with Crippen molar-refractivity contribution in [1.82, 2.24) is 41.4 Å². The number of carbonyl (C=O) groups is 8. The molecule has 0 radical (unpaired) electrons. The van der Waals surface area contributed by atoms with E-state index in [4.69, 9.17) is 19.7 Å². The summed E-state index contributed by atoms with van der Waals surface area (Å²) in [4.78, 5) is 102. The van der Waals surface area contributed by atoms with Gasteiger partial charge in [-0.25, -0.2) is 14.7 Å². The van der Waals surface area contributed by atoms with Gasteiger partial charge in [-0.2, -0.15) is 10.4 Å². The lowest BCUT2D eigenvalue weighted by Crippen LogP contribution is -2.60. The Balaban J connectivity index is 5.87. The molecule has 63 heavy (non-hydrogen) atoms. The van der Waals surface area contributed by atoms with Crippen LogP contribution in [0.15, 0.2) is 24.3 Å². The number of nitrogens with one attached hydrogen (secondary N) is 6. The summed E-state index contributed by atoms with van der Waals surface area (Å²) in [6.07, 6.45) is 2.67. The van der Waals surface area contributed by atoms with Crippen molar-refractivity contribution in [1.29, 1.82) is 0 Å². The highest BCUT2D eigenvalue weighted by atomic mass is 31.2. The number of carbonyl (C=O) groups excluding carboxylic acids is 6. The van der Waals surface area contributed by atoms with Crippen LogP contribution in [-0.4, -0.2) is 132 Å². The largest absolute Gasteiger partial charge is 0.478 e. The molecule has 0 aliphatic carbocycles. The third kappa shape index (κ3) is 22.1. The number of methoxy groups -OCH3 is 1. The maximum absolute atomic E-state index is 14.1. The van der Waals surface area contributed by atoms with Crippen LogP contribution in [0.3, 0.4) is 0 Å². The Morgan fingerprint density at radius 1 is 0.762 bits per heavy atom. The molecule has 5 amide bonds. The van der Waals surface area contributed by atoms with E-state index in [2.05, 4.69) is 20.8 Å². The van der Waals surface area contributed by atoms with Crippen LogP contribution in [-0.2, 0) is 52.4 Å². The third-order valence-corrected chi connectivity index (χ3v) is 11.4. The summed E-state index contributed by atoms with van der Waals surface area (Å²) in [5.74, 6) is -6.72. The number of carboxylic acid groups (broad SMARTS) is 2. The van der Waals surface area contributed by atoms with Crippen LogP contribution >= 0.6 is 7.59 Å². The van der Waals surface area contributed by atoms with Crippen LogP contribution < -0.4 is 31.6 Å². The first kappa shape index (κ1) is 58.5. The van der Waals surface area contributed by atoms with Crippen LogP contribution in [0.5, 0.6) is 0 Å². The lowest BCUT2D eigenvalue weighted by molar-refractivity contribution is -0.147. The van der Waals surface area contributed by atoms with Crippen LogP contribution in [0.1, 0.15) is 95.4 Å². The Morgan fingerprint density at radius 3 is 1.67 bits per heavy atom. The number of likely N-dealkylation sites (N-methyl/N-ethyl adjacent to an activating group) is 2. The Hall–Kier alpha value is -4.53. The molecule has 0 aliphatic rings. The minimum atomic E-state index is -4.14. The summed E-state index contributed by atoms with van der Waals surface area (Å²) >= 11 is 0. The van der Waals surface area contributed by atoms with E-state index >= 15 is 0 Å². The van der Waals surface area contributed by atoms with E-state index in [1.54, 1.807) is 39.6 Å². The molecule has 0 saturated heterocycles. The van der Waals surface area contributed by atoms with Gasteiger partial charge in [0.15, 0.2) is 0 Å². The molecule has 22 heteroatoms. The van der Waals surface area contributed by atoms with Crippen molar-refractivity contribution in [2.75, 3.05) is 41.0 Å². The minimum Gasteiger partial charge on any atom is -0.478 e. The van der Waals surface area contributed by atoms with E-state index < -0.39 is 72.3 Å². The number of amides is 5. The molecule has 0 bridgehead atoms. The van der Waals surface area contributed by atoms with Gasteiger partial charge in [0.2, 0.25) is 17.7 Å². The second kappa shape index (κ2) is 26.9. The zero-order chi connectivity index (χ0) is 49.0. The van der Waals surface area contributed by atoms with Gasteiger partial charge in [-0.1, -0.05) is 75.7 Å². The number of rotatable bonds is 30. The lowest BCUT2D eigenvalue weighted by Gasteiger charge is -2.40. The fourth-order valence-electron chi connectivity index (χ4n) is 6.38. The molecule has 360 valence electrons. The first-order valence-electron chi connectivity index (χ1n) is 20.7. The van der Waals surface area contributed by atoms with Gasteiger partial charge in [-0.05, 0) is 30.1 Å². The Kier molecular flexibility index (Phi) is 25.0. The van der Waals surface area contributed by atoms with Crippen molar-refractivity contribution >= 4 is 54.9 Å². The van der Waals surface area contributed by atoms with E-state index in [0.717, 1.165) is 6.42 Å². The van der Waals surface area contributed by atoms with Crippen LogP contribution in [0, 0.1) is 28.6 Å². The van der Waals surface area contributed by atoms with Crippen molar-refractivity contribution < 1.29 is 62.6 Å². The summed E-state index contributed by atoms with van der Waals surface area (Å²) in [7, 11) is 0.562. The van der Waals surface area contributed by atoms with Crippen molar-refractivity contribution in [3.63, 3.8) is 0 Å². The highest BCUT2D eigenvalue weighted by Gasteiger charge is 2.40. The average molecular weight is 917 g/mol. The molecule has 0 fully saturated rings. The van der Waals surface area contributed by atoms with Crippen molar-refractivity contribution in [2.24, 2.45) is 28.6 Å². The number of hydrogen-bond acceptors (Lipinski definition) is 11. The van der Waals surface area contributed by atoms with Crippen LogP contribution in [0.2, 0.25) is 0 Å². The molecule has 0 rings (SSSR count). The number of Topliss-reactive ketones (excluding diaryl/α,β-unsaturated/α-hetero) is 1. The number of ether oxygens (including phenoxy) is 2. The van der Waals surface area contributed by atoms with Crippen LogP contribution in [0.25, 0.3) is 0 Å². The van der Waals surface area contributed by atoms with Gasteiger partial charge in [0.1, 0.15) is 17.9 Å². The summed E-state index contributed by atoms with van der Waals surface area (Å²) < 4.78 is 25.3. The summed E-state index contributed by atoms with van der Waals surface area (Å²) in [5.41, 5.74) is 2.54. The first-order chi connectivity index (χ1) is 28.9. The summed E-state index contributed by atoms with van der Waals surface area (Å²) in [6, 6.07) is -2.30. The Labute approximate surface area is 371 Å². The molecule has 0 saturated carbocycles. The second-order valence-corrected chi connectivity index (χ2v) is 19.9. The normalized spacial score (nSPS) is 14.8. The van der Waals surface area contributed by atoms with E-state index in [0.29, 0.717) is 24.3 Å². The van der Waals surface area contributed by atoms with E-state index in [-0.39, 0.29) is 68.0 Å². The standard InChI is InChI=1S/C41H73N8O13P/c1-15-27(6)37(29(61-14)20-28(7)50)49(13)39(59)35(25(2)3)43-38(58)36(26(4)5)48(12)32(53)21-40(8,9)23-62-24-41(10,11)22-42-63(60,46-44-30(51)16-18-33(54)55)47-45-31(52)17-19-34(56)57/h16-19,25-27,29,35-37H,15,20-24H2,1-14H3,(H,43,58)(H,44,51)(H,45,52)(H,54,55)(H,56,57)(H3,42,46,47,60)/b18-16-,19-17-/t27-,29+,35-,36?,37-/m0/s1. The van der Waals surface area contributed by atoms with E-state index in [9.17, 15) is 42.9 Å². The molecule has 0 aromatic rings. The van der Waals surface area contributed by atoms with E-state index in [1.165, 1.54) is 26.0 Å². The van der Waals surface area contributed by atoms with Gasteiger partial charge >= 0.3 is 19.5 Å². The molecule has 0 aliphatic heterocycles. The molecule has 5 atom stereocenters. The Bertz CT molecular complexity index is 1660. The molecule has 0 aromatic carbocycles. The van der Waals surface area contributed by atoms with Gasteiger partial charge in [0.25, 0.3) is 11.8 Å². The number of aliphatic carboxylic acids is 2. The Morgan fingerprint density at radius 2 is 1.25 bits per heavy atom. The second-order valence-electron chi connectivity index (χ2n) is 17.9. The van der Waals surface area contributed by atoms with Gasteiger partial charge in [-0.3, -0.25) is 44.2 Å². The third-order valence-electron chi connectivity index (χ3n) is 9.96. The SMILES string of the molecule is CC[C@H](C)[C@@H]([C@@H](CC(C)=O)OC)N(C)C(=O)[C@@H](NC(=O)C(C(C)C)N(C)C(=O)CC(C)(C)COCC(C)(C)CNP(=O)(NNC(=O)/C=C\C(=O)O)NNC(=O)/C=C\C(=O)O)C(C)C. The molecular formula is C41H73N8O13P. The predicted molar refractivity (Wildman–Crippen MR) is 235 cm³/mol. The molecule has 21 nitrogen and oxygen atoms in total. The molecule has 0 spiro atoms. The predicted octanol–water partition coefficient (Wildman–Crippen LogP) is 2.16. The monoisotopic (exact) mass is 917 g/mol. The first-order valence-corrected chi connectivity index (χ1v) is 22.4. The van der Waals surface area contributed by atoms with Gasteiger partial charge in [0.05, 0.1) is 25.4 Å². The number of hydrazine groups is 2. The summed E-state index contributed by atoms with van der Waals surface area (Å²) in [5, 5.41) is 27.5. The molecule has 1 unspecified atom stereocenters. The maximum atomic E-state index is 14.1. The van der Waals surface area contributed by atoms with Gasteiger partial charge in [-0.15, -0.1) is 0 Å². The van der Waals surface area contributed by atoms with Gasteiger partial charge < -0.3 is 34.8 Å². The van der Waals surface area contributed by atoms with E-state index in [1.807, 2.05) is 52.4 Å². The number of carboxylic acids is 2.